The summed E-state index contributed by atoms with van der Waals surface area (Å²) in [5, 5.41) is 5.60. The van der Waals surface area contributed by atoms with E-state index in [1.807, 2.05) is 25.1 Å². The predicted octanol–water partition coefficient (Wildman–Crippen LogP) is 5.51. The first-order valence-corrected chi connectivity index (χ1v) is 12.6. The molecule has 3 amide bonds. The molecule has 194 valence electrons. The first kappa shape index (κ1) is 25.6. The molecule has 0 fully saturated rings. The molecule has 1 aliphatic rings. The molecular formula is C32H27N3O4. The minimum absolute atomic E-state index is 0.234. The van der Waals surface area contributed by atoms with E-state index in [0.717, 1.165) is 5.56 Å². The van der Waals surface area contributed by atoms with Crippen LogP contribution in [0.1, 0.15) is 38.3 Å². The van der Waals surface area contributed by atoms with Crippen LogP contribution in [0, 0.1) is 6.92 Å². The van der Waals surface area contributed by atoms with E-state index in [1.54, 1.807) is 91.0 Å². The number of hydrogen-bond donors (Lipinski definition) is 2. The van der Waals surface area contributed by atoms with Crippen molar-refractivity contribution in [2.24, 2.45) is 0 Å². The van der Waals surface area contributed by atoms with Crippen LogP contribution in [0.15, 0.2) is 109 Å². The third-order valence-corrected chi connectivity index (χ3v) is 6.82. The molecule has 5 rings (SSSR count). The van der Waals surface area contributed by atoms with Crippen LogP contribution in [0.4, 0.5) is 16.2 Å². The minimum atomic E-state index is -1.71. The Morgan fingerprint density at radius 2 is 1.28 bits per heavy atom. The highest BCUT2D eigenvalue weighted by Gasteiger charge is 2.53. The Hall–Kier alpha value is -5.04. The number of urea groups is 1. The molecular weight excluding hydrogens is 490 g/mol. The van der Waals surface area contributed by atoms with E-state index >= 15 is 0 Å². The van der Waals surface area contributed by atoms with E-state index in [1.165, 1.54) is 4.90 Å². The van der Waals surface area contributed by atoms with Crippen LogP contribution in [-0.4, -0.2) is 30.0 Å². The van der Waals surface area contributed by atoms with Crippen molar-refractivity contribution in [3.63, 3.8) is 0 Å². The van der Waals surface area contributed by atoms with Crippen LogP contribution in [0.3, 0.4) is 0 Å². The summed E-state index contributed by atoms with van der Waals surface area (Å²) in [5.41, 5.74) is 1.67. The van der Waals surface area contributed by atoms with Crippen LogP contribution in [0.5, 0.6) is 0 Å². The number of nitrogens with zero attached hydrogens (tertiary/aromatic N) is 1. The molecule has 0 bridgehead atoms. The fourth-order valence-electron chi connectivity index (χ4n) is 4.84. The summed E-state index contributed by atoms with van der Waals surface area (Å²) in [6.07, 6.45) is -0.315. The molecule has 1 unspecified atom stereocenters. The predicted molar refractivity (Wildman–Crippen MR) is 150 cm³/mol. The highest BCUT2D eigenvalue weighted by Crippen LogP contribution is 2.43. The molecule has 4 aromatic carbocycles. The van der Waals surface area contributed by atoms with E-state index in [2.05, 4.69) is 10.6 Å². The number of anilines is 2. The van der Waals surface area contributed by atoms with Gasteiger partial charge in [0.2, 0.25) is 0 Å². The van der Waals surface area contributed by atoms with Crippen molar-refractivity contribution < 1.29 is 19.2 Å². The summed E-state index contributed by atoms with van der Waals surface area (Å²) in [5.74, 6) is -1.12. The number of ketones is 2. The van der Waals surface area contributed by atoms with Crippen molar-refractivity contribution in [3.05, 3.63) is 131 Å². The zero-order chi connectivity index (χ0) is 27.4. The molecule has 4 aromatic rings. The molecule has 1 aliphatic heterocycles. The zero-order valence-corrected chi connectivity index (χ0v) is 21.4. The van der Waals surface area contributed by atoms with Gasteiger partial charge in [-0.3, -0.25) is 14.4 Å². The first-order valence-electron chi connectivity index (χ1n) is 12.6. The van der Waals surface area contributed by atoms with E-state index in [4.69, 9.17) is 0 Å². The third-order valence-electron chi connectivity index (χ3n) is 6.82. The van der Waals surface area contributed by atoms with Crippen molar-refractivity contribution in [2.75, 3.05) is 16.8 Å². The van der Waals surface area contributed by atoms with Gasteiger partial charge in [0.1, 0.15) is 0 Å². The molecule has 0 saturated carbocycles. The quantitative estimate of drug-likeness (QED) is 0.301. The molecule has 2 N–H and O–H groups in total. The van der Waals surface area contributed by atoms with E-state index in [-0.39, 0.29) is 24.5 Å². The number of Topliss-reactive ketones (excluding diaryl/α,β-unsaturated/α-hetero) is 2. The summed E-state index contributed by atoms with van der Waals surface area (Å²) < 4.78 is 0. The van der Waals surface area contributed by atoms with Gasteiger partial charge in [0, 0.05) is 28.8 Å². The second kappa shape index (κ2) is 10.8. The molecule has 0 aliphatic carbocycles. The van der Waals surface area contributed by atoms with Crippen LogP contribution in [0.2, 0.25) is 0 Å². The van der Waals surface area contributed by atoms with Gasteiger partial charge in [-0.15, -0.1) is 0 Å². The van der Waals surface area contributed by atoms with Gasteiger partial charge in [-0.25, -0.2) is 4.79 Å². The molecule has 0 aromatic heterocycles. The summed E-state index contributed by atoms with van der Waals surface area (Å²) in [4.78, 5) is 55.5. The maximum Gasteiger partial charge on any atom is 0.320 e. The molecule has 0 radical (unpaired) electrons. The lowest BCUT2D eigenvalue weighted by Crippen LogP contribution is -2.55. The lowest BCUT2D eigenvalue weighted by molar-refractivity contribution is -0.123. The fourth-order valence-corrected chi connectivity index (χ4v) is 4.84. The summed E-state index contributed by atoms with van der Waals surface area (Å²) in [7, 11) is 0. The van der Waals surface area contributed by atoms with Crippen molar-refractivity contribution in [1.29, 1.82) is 0 Å². The Labute approximate surface area is 226 Å². The molecule has 0 saturated heterocycles. The molecule has 7 nitrogen and oxygen atoms in total. The molecule has 0 spiro atoms. The largest absolute Gasteiger partial charge is 0.320 e. The number of para-hydroxylation sites is 1. The lowest BCUT2D eigenvalue weighted by atomic mass is 9.84. The van der Waals surface area contributed by atoms with Gasteiger partial charge in [0.05, 0.1) is 12.2 Å². The fraction of sp³-hybridized carbons (Fsp3) is 0.125. The van der Waals surface area contributed by atoms with Gasteiger partial charge in [-0.05, 0) is 25.1 Å². The van der Waals surface area contributed by atoms with E-state index in [9.17, 15) is 19.2 Å². The number of benzene rings is 4. The van der Waals surface area contributed by atoms with Crippen molar-refractivity contribution >= 4 is 34.9 Å². The Balaban J connectivity index is 1.52. The number of carbonyl (C=O) groups is 4. The average molecular weight is 518 g/mol. The first-order chi connectivity index (χ1) is 18.9. The average Bonchev–Trinajstić information content (AvgIpc) is 3.17. The van der Waals surface area contributed by atoms with Crippen molar-refractivity contribution in [2.45, 2.75) is 18.9 Å². The van der Waals surface area contributed by atoms with Crippen LogP contribution < -0.4 is 15.5 Å². The topological polar surface area (TPSA) is 95.6 Å². The molecule has 39 heavy (non-hydrogen) atoms. The van der Waals surface area contributed by atoms with Gasteiger partial charge in [0.15, 0.2) is 17.1 Å². The third kappa shape index (κ3) is 5.20. The van der Waals surface area contributed by atoms with Gasteiger partial charge < -0.3 is 15.5 Å². The second-order valence-electron chi connectivity index (χ2n) is 9.51. The Morgan fingerprint density at radius 1 is 0.718 bits per heavy atom. The normalized spacial score (nSPS) is 15.9. The zero-order valence-electron chi connectivity index (χ0n) is 21.4. The molecule has 1 heterocycles. The number of carbonyl (C=O) groups excluding carboxylic acids is 4. The van der Waals surface area contributed by atoms with Crippen LogP contribution >= 0.6 is 0 Å². The number of rotatable bonds is 8. The van der Waals surface area contributed by atoms with Gasteiger partial charge in [-0.1, -0.05) is 96.6 Å². The highest BCUT2D eigenvalue weighted by atomic mass is 16.2. The number of nitrogens with one attached hydrogen (secondary N) is 2. The summed E-state index contributed by atoms with van der Waals surface area (Å²) in [6.45, 7) is 1.70. The van der Waals surface area contributed by atoms with Crippen molar-refractivity contribution in [1.82, 2.24) is 5.32 Å². The van der Waals surface area contributed by atoms with E-state index < -0.39 is 17.5 Å². The van der Waals surface area contributed by atoms with Crippen molar-refractivity contribution in [3.8, 4) is 0 Å². The number of amides is 3. The standard InChI is InChI=1S/C32H27N3O4/c1-22-16-18-25(19-17-22)33-31(39)34-32(20-28(36)23-10-4-2-5-11-23)26-14-8-9-15-27(26)35(30(32)38)21-29(37)24-12-6-3-7-13-24/h2-19H,20-21H2,1H3,(H2,33,34,39). The van der Waals surface area contributed by atoms with Crippen LogP contribution in [0.25, 0.3) is 0 Å². The number of aryl methyl sites for hydroxylation is 1. The highest BCUT2D eigenvalue weighted by molar-refractivity contribution is 6.16. The molecule has 7 heteroatoms. The SMILES string of the molecule is Cc1ccc(NC(=O)NC2(CC(=O)c3ccccc3)C(=O)N(CC(=O)c3ccccc3)c3ccccc32)cc1. The lowest BCUT2D eigenvalue weighted by Gasteiger charge is -2.29. The monoisotopic (exact) mass is 517 g/mol. The van der Waals surface area contributed by atoms with Crippen LogP contribution in [-0.2, 0) is 10.3 Å². The van der Waals surface area contributed by atoms with E-state index in [0.29, 0.717) is 28.1 Å². The van der Waals surface area contributed by atoms with Gasteiger partial charge in [-0.2, -0.15) is 0 Å². The smallest absolute Gasteiger partial charge is 0.319 e. The minimum Gasteiger partial charge on any atom is -0.319 e. The summed E-state index contributed by atoms with van der Waals surface area (Å²) in [6, 6.07) is 30.9. The summed E-state index contributed by atoms with van der Waals surface area (Å²) >= 11 is 0. The second-order valence-corrected chi connectivity index (χ2v) is 9.51. The maximum atomic E-state index is 14.2. The Bertz CT molecular complexity index is 1530. The maximum absolute atomic E-state index is 14.2. The van der Waals surface area contributed by atoms with Gasteiger partial charge in [0.25, 0.3) is 5.91 Å². The van der Waals surface area contributed by atoms with Gasteiger partial charge >= 0.3 is 6.03 Å². The Kier molecular flexibility index (Phi) is 7.06. The Morgan fingerprint density at radius 3 is 1.92 bits per heavy atom. The molecule has 1 atom stereocenters. The number of hydrogen-bond acceptors (Lipinski definition) is 4. The number of fused-ring (bicyclic) bond motifs is 1.